The first-order chi connectivity index (χ1) is 9.06. The maximum absolute atomic E-state index is 6.02. The maximum Gasteiger partial charge on any atom is 0.196 e. The predicted octanol–water partition coefficient (Wildman–Crippen LogP) is 3.84. The molecular weight excluding hydrogens is 260 g/mol. The van der Waals surface area contributed by atoms with Crippen molar-refractivity contribution in [2.75, 3.05) is 6.54 Å². The van der Waals surface area contributed by atoms with E-state index < -0.39 is 0 Å². The molecule has 0 atom stereocenters. The van der Waals surface area contributed by atoms with Crippen molar-refractivity contribution in [3.05, 3.63) is 40.9 Å². The molecule has 0 unspecified atom stereocenters. The SMILES string of the molecule is Cc1cc(-c2cnc(CCNC(C)C)o2)ccc1Cl. The molecule has 0 bridgehead atoms. The normalized spacial score (nSPS) is 11.2. The molecule has 0 spiro atoms. The maximum atomic E-state index is 6.02. The molecule has 0 fully saturated rings. The first-order valence-corrected chi connectivity index (χ1v) is 6.88. The van der Waals surface area contributed by atoms with Crippen LogP contribution < -0.4 is 5.32 Å². The van der Waals surface area contributed by atoms with E-state index in [9.17, 15) is 0 Å². The first kappa shape index (κ1) is 14.1. The molecule has 0 amide bonds. The Morgan fingerprint density at radius 3 is 2.84 bits per heavy atom. The van der Waals surface area contributed by atoms with Crippen LogP contribution in [0.25, 0.3) is 11.3 Å². The van der Waals surface area contributed by atoms with Gasteiger partial charge >= 0.3 is 0 Å². The summed E-state index contributed by atoms with van der Waals surface area (Å²) in [5.41, 5.74) is 2.05. The fourth-order valence-electron chi connectivity index (χ4n) is 1.83. The van der Waals surface area contributed by atoms with Crippen molar-refractivity contribution in [2.45, 2.75) is 33.2 Å². The Bertz CT molecular complexity index is 549. The van der Waals surface area contributed by atoms with Crippen LogP contribution in [-0.2, 0) is 6.42 Å². The van der Waals surface area contributed by atoms with Crippen molar-refractivity contribution in [3.8, 4) is 11.3 Å². The zero-order valence-electron chi connectivity index (χ0n) is 11.5. The highest BCUT2D eigenvalue weighted by Gasteiger charge is 2.07. The van der Waals surface area contributed by atoms with Gasteiger partial charge in [-0.25, -0.2) is 4.98 Å². The van der Waals surface area contributed by atoms with Gasteiger partial charge in [-0.1, -0.05) is 25.4 Å². The molecule has 0 aliphatic carbocycles. The number of aromatic nitrogens is 1. The van der Waals surface area contributed by atoms with Crippen molar-refractivity contribution in [1.82, 2.24) is 10.3 Å². The summed E-state index contributed by atoms with van der Waals surface area (Å²) in [6, 6.07) is 6.33. The summed E-state index contributed by atoms with van der Waals surface area (Å²) in [5, 5.41) is 4.11. The molecule has 19 heavy (non-hydrogen) atoms. The van der Waals surface area contributed by atoms with Crippen LogP contribution in [0.15, 0.2) is 28.8 Å². The predicted molar refractivity (Wildman–Crippen MR) is 78.5 cm³/mol. The van der Waals surface area contributed by atoms with Crippen LogP contribution in [0, 0.1) is 6.92 Å². The van der Waals surface area contributed by atoms with E-state index in [0.717, 1.165) is 40.8 Å². The van der Waals surface area contributed by atoms with Crippen LogP contribution in [0.1, 0.15) is 25.3 Å². The van der Waals surface area contributed by atoms with E-state index >= 15 is 0 Å². The number of oxazole rings is 1. The lowest BCUT2D eigenvalue weighted by Crippen LogP contribution is -2.24. The molecule has 3 nitrogen and oxygen atoms in total. The fourth-order valence-corrected chi connectivity index (χ4v) is 1.94. The molecule has 2 rings (SSSR count). The smallest absolute Gasteiger partial charge is 0.196 e. The third kappa shape index (κ3) is 3.82. The summed E-state index contributed by atoms with van der Waals surface area (Å²) in [6.45, 7) is 7.10. The highest BCUT2D eigenvalue weighted by atomic mass is 35.5. The average Bonchev–Trinajstić information content (AvgIpc) is 2.81. The lowest BCUT2D eigenvalue weighted by molar-refractivity contribution is 0.484. The van der Waals surface area contributed by atoms with Gasteiger partial charge in [0.2, 0.25) is 0 Å². The Balaban J connectivity index is 2.05. The Kier molecular flexibility index (Phi) is 4.61. The standard InChI is InChI=1S/C15H19ClN2O/c1-10(2)17-7-6-15-18-9-14(19-15)12-4-5-13(16)11(3)8-12/h4-5,8-10,17H,6-7H2,1-3H3. The molecular formula is C15H19ClN2O. The fraction of sp³-hybridized carbons (Fsp3) is 0.400. The van der Waals surface area contributed by atoms with E-state index in [-0.39, 0.29) is 0 Å². The first-order valence-electron chi connectivity index (χ1n) is 6.51. The van der Waals surface area contributed by atoms with E-state index in [1.807, 2.05) is 25.1 Å². The van der Waals surface area contributed by atoms with Crippen LogP contribution in [0.2, 0.25) is 5.02 Å². The van der Waals surface area contributed by atoms with E-state index in [4.69, 9.17) is 16.0 Å². The Morgan fingerprint density at radius 1 is 1.37 bits per heavy atom. The second-order valence-corrected chi connectivity index (χ2v) is 5.35. The van der Waals surface area contributed by atoms with Gasteiger partial charge in [0, 0.05) is 29.6 Å². The number of halogens is 1. The number of nitrogens with one attached hydrogen (secondary N) is 1. The zero-order chi connectivity index (χ0) is 13.8. The summed E-state index contributed by atoms with van der Waals surface area (Å²) >= 11 is 6.02. The number of aryl methyl sites for hydroxylation is 1. The molecule has 0 saturated carbocycles. The number of hydrogen-bond acceptors (Lipinski definition) is 3. The average molecular weight is 279 g/mol. The number of rotatable bonds is 5. The summed E-state index contributed by atoms with van der Waals surface area (Å²) in [4.78, 5) is 4.30. The van der Waals surface area contributed by atoms with E-state index in [1.165, 1.54) is 0 Å². The largest absolute Gasteiger partial charge is 0.441 e. The van der Waals surface area contributed by atoms with Crippen LogP contribution in [0.5, 0.6) is 0 Å². The number of hydrogen-bond donors (Lipinski definition) is 1. The third-order valence-electron chi connectivity index (χ3n) is 2.89. The molecule has 0 aliphatic rings. The van der Waals surface area contributed by atoms with Crippen LogP contribution in [0.4, 0.5) is 0 Å². The second kappa shape index (κ2) is 6.22. The Hall–Kier alpha value is -1.32. The van der Waals surface area contributed by atoms with Crippen LogP contribution >= 0.6 is 11.6 Å². The topological polar surface area (TPSA) is 38.1 Å². The summed E-state index contributed by atoms with van der Waals surface area (Å²) in [6.07, 6.45) is 2.57. The van der Waals surface area contributed by atoms with E-state index in [1.54, 1.807) is 6.20 Å². The lowest BCUT2D eigenvalue weighted by Gasteiger charge is -2.05. The summed E-state index contributed by atoms with van der Waals surface area (Å²) < 4.78 is 5.75. The summed E-state index contributed by atoms with van der Waals surface area (Å²) in [7, 11) is 0. The summed E-state index contributed by atoms with van der Waals surface area (Å²) in [5.74, 6) is 1.55. The Labute approximate surface area is 119 Å². The van der Waals surface area contributed by atoms with E-state index in [0.29, 0.717) is 6.04 Å². The Morgan fingerprint density at radius 2 is 2.16 bits per heavy atom. The number of nitrogens with zero attached hydrogens (tertiary/aromatic N) is 1. The zero-order valence-corrected chi connectivity index (χ0v) is 12.3. The highest BCUT2D eigenvalue weighted by Crippen LogP contribution is 2.25. The molecule has 1 heterocycles. The molecule has 1 aromatic carbocycles. The van der Waals surface area contributed by atoms with Crippen molar-refractivity contribution < 1.29 is 4.42 Å². The van der Waals surface area contributed by atoms with Crippen LogP contribution in [-0.4, -0.2) is 17.6 Å². The van der Waals surface area contributed by atoms with Crippen LogP contribution in [0.3, 0.4) is 0 Å². The van der Waals surface area contributed by atoms with Gasteiger partial charge in [-0.05, 0) is 30.7 Å². The number of benzene rings is 1. The van der Waals surface area contributed by atoms with Crippen molar-refractivity contribution in [1.29, 1.82) is 0 Å². The molecule has 1 N–H and O–H groups in total. The van der Waals surface area contributed by atoms with E-state index in [2.05, 4.69) is 24.1 Å². The van der Waals surface area contributed by atoms with Crippen molar-refractivity contribution >= 4 is 11.6 Å². The molecule has 1 aromatic heterocycles. The molecule has 102 valence electrons. The van der Waals surface area contributed by atoms with Gasteiger partial charge < -0.3 is 9.73 Å². The quantitative estimate of drug-likeness (QED) is 0.903. The van der Waals surface area contributed by atoms with Gasteiger partial charge in [0.1, 0.15) is 0 Å². The molecule has 2 aromatic rings. The van der Waals surface area contributed by atoms with Gasteiger partial charge in [0.15, 0.2) is 11.7 Å². The monoisotopic (exact) mass is 278 g/mol. The minimum atomic E-state index is 0.480. The second-order valence-electron chi connectivity index (χ2n) is 4.94. The van der Waals surface area contributed by atoms with Gasteiger partial charge in [0.25, 0.3) is 0 Å². The van der Waals surface area contributed by atoms with Gasteiger partial charge in [0.05, 0.1) is 6.20 Å². The van der Waals surface area contributed by atoms with Gasteiger partial charge in [-0.2, -0.15) is 0 Å². The minimum absolute atomic E-state index is 0.480. The van der Waals surface area contributed by atoms with Crippen molar-refractivity contribution in [2.24, 2.45) is 0 Å². The highest BCUT2D eigenvalue weighted by molar-refractivity contribution is 6.31. The third-order valence-corrected chi connectivity index (χ3v) is 3.31. The van der Waals surface area contributed by atoms with Gasteiger partial charge in [-0.15, -0.1) is 0 Å². The lowest BCUT2D eigenvalue weighted by atomic mass is 10.1. The van der Waals surface area contributed by atoms with Crippen molar-refractivity contribution in [3.63, 3.8) is 0 Å². The van der Waals surface area contributed by atoms with Gasteiger partial charge in [-0.3, -0.25) is 0 Å². The molecule has 4 heteroatoms. The molecule has 0 aliphatic heterocycles. The molecule has 0 saturated heterocycles. The minimum Gasteiger partial charge on any atom is -0.441 e. The molecule has 0 radical (unpaired) electrons.